The van der Waals surface area contributed by atoms with Crippen molar-refractivity contribution in [1.82, 2.24) is 14.8 Å². The lowest BCUT2D eigenvalue weighted by atomic mass is 10.1. The van der Waals surface area contributed by atoms with E-state index in [4.69, 9.17) is 11.6 Å². The number of benzene rings is 1. The first-order valence-corrected chi connectivity index (χ1v) is 6.82. The van der Waals surface area contributed by atoms with Crippen molar-refractivity contribution < 1.29 is 0 Å². The minimum absolute atomic E-state index is 0.145. The third kappa shape index (κ3) is 2.23. The van der Waals surface area contributed by atoms with E-state index in [0.717, 1.165) is 22.3 Å². The highest BCUT2D eigenvalue weighted by atomic mass is 35.5. The lowest BCUT2D eigenvalue weighted by Crippen LogP contribution is -2.11. The van der Waals surface area contributed by atoms with Crippen LogP contribution in [0.2, 0.25) is 5.02 Å². The van der Waals surface area contributed by atoms with Crippen LogP contribution in [-0.2, 0) is 7.05 Å². The Morgan fingerprint density at radius 1 is 1.20 bits per heavy atom. The molecule has 4 nitrogen and oxygen atoms in total. The predicted octanol–water partition coefficient (Wildman–Crippen LogP) is 3.79. The number of rotatable bonds is 3. The Morgan fingerprint density at radius 2 is 2.05 bits per heavy atom. The van der Waals surface area contributed by atoms with Crippen molar-refractivity contribution in [2.75, 3.05) is 5.32 Å². The Kier molecular flexibility index (Phi) is 3.32. The second-order valence-electron chi connectivity index (χ2n) is 4.74. The molecule has 5 heteroatoms. The number of nitrogens with zero attached hydrogens (tertiary/aromatic N) is 3. The van der Waals surface area contributed by atoms with Crippen molar-refractivity contribution in [2.24, 2.45) is 7.05 Å². The van der Waals surface area contributed by atoms with E-state index in [1.165, 1.54) is 0 Å². The van der Waals surface area contributed by atoms with E-state index in [9.17, 15) is 0 Å². The molecule has 1 N–H and O–H groups in total. The van der Waals surface area contributed by atoms with Crippen molar-refractivity contribution in [1.29, 1.82) is 0 Å². The summed E-state index contributed by atoms with van der Waals surface area (Å²) in [6, 6.07) is 9.94. The third-order valence-electron chi connectivity index (χ3n) is 3.39. The molecular formula is C15H15ClN4. The van der Waals surface area contributed by atoms with Crippen LogP contribution in [0.3, 0.4) is 0 Å². The van der Waals surface area contributed by atoms with Gasteiger partial charge in [-0.15, -0.1) is 0 Å². The Morgan fingerprint density at radius 3 is 2.80 bits per heavy atom. The first-order chi connectivity index (χ1) is 9.66. The van der Waals surface area contributed by atoms with E-state index in [0.29, 0.717) is 5.02 Å². The Labute approximate surface area is 122 Å². The van der Waals surface area contributed by atoms with Gasteiger partial charge in [0.1, 0.15) is 0 Å². The van der Waals surface area contributed by atoms with Crippen molar-refractivity contribution in [3.63, 3.8) is 0 Å². The highest BCUT2D eigenvalue weighted by Crippen LogP contribution is 2.30. The number of aromatic nitrogens is 3. The lowest BCUT2D eigenvalue weighted by Gasteiger charge is -2.17. The monoisotopic (exact) mass is 286 g/mol. The van der Waals surface area contributed by atoms with Gasteiger partial charge in [0.25, 0.3) is 0 Å². The zero-order chi connectivity index (χ0) is 14.1. The molecule has 3 aromatic rings. The molecule has 1 unspecified atom stereocenters. The van der Waals surface area contributed by atoms with Crippen LogP contribution >= 0.6 is 11.6 Å². The third-order valence-corrected chi connectivity index (χ3v) is 3.70. The number of anilines is 1. The normalized spacial score (nSPS) is 12.6. The summed E-state index contributed by atoms with van der Waals surface area (Å²) in [5.74, 6) is 0. The van der Waals surface area contributed by atoms with Gasteiger partial charge in [-0.1, -0.05) is 11.6 Å². The molecule has 20 heavy (non-hydrogen) atoms. The summed E-state index contributed by atoms with van der Waals surface area (Å²) in [7, 11) is 1.94. The number of pyridine rings is 1. The summed E-state index contributed by atoms with van der Waals surface area (Å²) < 4.78 is 1.87. The van der Waals surface area contributed by atoms with E-state index in [2.05, 4.69) is 22.3 Å². The fourth-order valence-corrected chi connectivity index (χ4v) is 2.59. The minimum atomic E-state index is 0.145. The van der Waals surface area contributed by atoms with Gasteiger partial charge in [0, 0.05) is 30.5 Å². The highest BCUT2D eigenvalue weighted by Gasteiger charge is 2.12. The van der Waals surface area contributed by atoms with Crippen LogP contribution in [0.15, 0.2) is 42.7 Å². The average molecular weight is 287 g/mol. The van der Waals surface area contributed by atoms with Crippen LogP contribution in [0.25, 0.3) is 10.9 Å². The summed E-state index contributed by atoms with van der Waals surface area (Å²) >= 11 is 6.19. The molecule has 0 amide bonds. The molecule has 0 bridgehead atoms. The van der Waals surface area contributed by atoms with E-state index >= 15 is 0 Å². The van der Waals surface area contributed by atoms with Gasteiger partial charge in [0.2, 0.25) is 0 Å². The highest BCUT2D eigenvalue weighted by molar-refractivity contribution is 6.35. The van der Waals surface area contributed by atoms with Gasteiger partial charge in [-0.25, -0.2) is 0 Å². The molecule has 0 fully saturated rings. The van der Waals surface area contributed by atoms with Crippen LogP contribution in [-0.4, -0.2) is 14.8 Å². The fourth-order valence-electron chi connectivity index (χ4n) is 2.38. The molecule has 0 saturated heterocycles. The van der Waals surface area contributed by atoms with Crippen LogP contribution < -0.4 is 5.32 Å². The van der Waals surface area contributed by atoms with Gasteiger partial charge in [-0.3, -0.25) is 9.67 Å². The molecule has 0 aliphatic heterocycles. The van der Waals surface area contributed by atoms with Crippen molar-refractivity contribution in [3.8, 4) is 0 Å². The number of hydrogen-bond acceptors (Lipinski definition) is 3. The summed E-state index contributed by atoms with van der Waals surface area (Å²) in [5, 5.41) is 9.38. The molecule has 2 aromatic heterocycles. The number of hydrogen-bond donors (Lipinski definition) is 1. The zero-order valence-electron chi connectivity index (χ0n) is 11.3. The summed E-state index contributed by atoms with van der Waals surface area (Å²) in [5.41, 5.74) is 2.96. The number of halogens is 1. The molecule has 0 aliphatic rings. The largest absolute Gasteiger partial charge is 0.376 e. The maximum absolute atomic E-state index is 6.19. The quantitative estimate of drug-likeness (QED) is 0.796. The van der Waals surface area contributed by atoms with Crippen molar-refractivity contribution in [3.05, 3.63) is 53.4 Å². The predicted molar refractivity (Wildman–Crippen MR) is 82.0 cm³/mol. The zero-order valence-corrected chi connectivity index (χ0v) is 12.1. The second kappa shape index (κ2) is 5.13. The van der Waals surface area contributed by atoms with E-state index in [1.807, 2.05) is 42.1 Å². The summed E-state index contributed by atoms with van der Waals surface area (Å²) in [6.45, 7) is 2.10. The molecule has 0 radical (unpaired) electrons. The minimum Gasteiger partial charge on any atom is -0.376 e. The molecule has 0 spiro atoms. The number of aryl methyl sites for hydroxylation is 1. The lowest BCUT2D eigenvalue weighted by molar-refractivity contribution is 0.676. The summed E-state index contributed by atoms with van der Waals surface area (Å²) in [6.07, 6.45) is 3.55. The molecule has 3 rings (SSSR count). The second-order valence-corrected chi connectivity index (χ2v) is 5.15. The molecule has 0 aliphatic carbocycles. The number of nitrogens with one attached hydrogen (secondary N) is 1. The van der Waals surface area contributed by atoms with Crippen molar-refractivity contribution >= 4 is 28.2 Å². The summed E-state index contributed by atoms with van der Waals surface area (Å²) in [4.78, 5) is 4.34. The van der Waals surface area contributed by atoms with Gasteiger partial charge >= 0.3 is 0 Å². The smallest absolute Gasteiger partial charge is 0.0908 e. The molecule has 2 heterocycles. The van der Waals surface area contributed by atoms with Crippen LogP contribution in [0.4, 0.5) is 5.69 Å². The van der Waals surface area contributed by atoms with Crippen LogP contribution in [0.1, 0.15) is 18.7 Å². The van der Waals surface area contributed by atoms with Gasteiger partial charge in [-0.2, -0.15) is 5.10 Å². The topological polar surface area (TPSA) is 42.7 Å². The first kappa shape index (κ1) is 12.9. The van der Waals surface area contributed by atoms with Gasteiger partial charge in [-0.05, 0) is 37.3 Å². The van der Waals surface area contributed by atoms with Crippen LogP contribution in [0.5, 0.6) is 0 Å². The van der Waals surface area contributed by atoms with E-state index < -0.39 is 0 Å². The molecular weight excluding hydrogens is 272 g/mol. The van der Waals surface area contributed by atoms with Crippen LogP contribution in [0, 0.1) is 0 Å². The standard InChI is InChI=1S/C15H15ClN4/c1-10(14-7-9-18-20(14)2)19-13-6-5-12(16)15-11(13)4-3-8-17-15/h3-10,19H,1-2H3. The molecule has 1 atom stereocenters. The maximum Gasteiger partial charge on any atom is 0.0908 e. The SMILES string of the molecule is CC(Nc1ccc(Cl)c2ncccc12)c1ccnn1C. The van der Waals surface area contributed by atoms with Gasteiger partial charge in [0.15, 0.2) is 0 Å². The fraction of sp³-hybridized carbons (Fsp3) is 0.200. The molecule has 0 saturated carbocycles. The molecule has 102 valence electrons. The van der Waals surface area contributed by atoms with Crippen molar-refractivity contribution in [2.45, 2.75) is 13.0 Å². The van der Waals surface area contributed by atoms with Gasteiger partial charge < -0.3 is 5.32 Å². The first-order valence-electron chi connectivity index (χ1n) is 6.44. The number of fused-ring (bicyclic) bond motifs is 1. The Hall–Kier alpha value is -2.07. The average Bonchev–Trinajstić information content (AvgIpc) is 2.88. The molecule has 1 aromatic carbocycles. The maximum atomic E-state index is 6.19. The van der Waals surface area contributed by atoms with Gasteiger partial charge in [0.05, 0.1) is 22.3 Å². The van der Waals surface area contributed by atoms with E-state index in [-0.39, 0.29) is 6.04 Å². The Balaban J connectivity index is 1.99. The van der Waals surface area contributed by atoms with E-state index in [1.54, 1.807) is 12.4 Å². The Bertz CT molecular complexity index is 750.